The number of hydrogen-bond donors (Lipinski definition) is 3. The van der Waals surface area contributed by atoms with Crippen molar-refractivity contribution >= 4 is 23.1 Å². The quantitative estimate of drug-likeness (QED) is 0.392. The number of β-amino-alcohol motifs (C(OH)–C–C–N with tert-alkyl or cyclic N) is 1. The van der Waals surface area contributed by atoms with Crippen molar-refractivity contribution in [1.29, 1.82) is 0 Å². The lowest BCUT2D eigenvalue weighted by Crippen LogP contribution is -2.25. The van der Waals surface area contributed by atoms with Crippen molar-refractivity contribution in [1.82, 2.24) is 24.3 Å². The molecule has 1 saturated carbocycles. The third-order valence-electron chi connectivity index (χ3n) is 7.13. The summed E-state index contributed by atoms with van der Waals surface area (Å²) in [6.07, 6.45) is 8.57. The molecule has 0 amide bonds. The minimum atomic E-state index is -0.440. The van der Waals surface area contributed by atoms with Crippen LogP contribution in [0.25, 0.3) is 5.65 Å². The van der Waals surface area contributed by atoms with Gasteiger partial charge in [-0.2, -0.15) is 0 Å². The molecule has 4 N–H and O–H groups in total. The van der Waals surface area contributed by atoms with E-state index in [4.69, 9.17) is 10.7 Å². The Labute approximate surface area is 204 Å². The molecule has 1 aliphatic heterocycles. The van der Waals surface area contributed by atoms with Gasteiger partial charge in [0.1, 0.15) is 29.4 Å². The van der Waals surface area contributed by atoms with E-state index in [9.17, 15) is 5.11 Å². The van der Waals surface area contributed by atoms with Gasteiger partial charge < -0.3 is 25.5 Å². The molecule has 2 fully saturated rings. The van der Waals surface area contributed by atoms with Crippen LogP contribution in [0.3, 0.4) is 0 Å². The fourth-order valence-corrected chi connectivity index (χ4v) is 5.13. The van der Waals surface area contributed by atoms with Gasteiger partial charge in [0.15, 0.2) is 0 Å². The molecule has 35 heavy (non-hydrogen) atoms. The Morgan fingerprint density at radius 2 is 1.97 bits per heavy atom. The highest BCUT2D eigenvalue weighted by molar-refractivity contribution is 5.53. The molecule has 0 spiro atoms. The summed E-state index contributed by atoms with van der Waals surface area (Å²) in [5.74, 6) is 2.71. The fraction of sp³-hybridized carbons (Fsp3) is 0.385. The zero-order valence-electron chi connectivity index (χ0n) is 20.0. The highest BCUT2D eigenvalue weighted by Gasteiger charge is 2.35. The van der Waals surface area contributed by atoms with E-state index in [0.29, 0.717) is 31.2 Å². The molecule has 2 aliphatic rings. The monoisotopic (exact) mass is 470 g/mol. The summed E-state index contributed by atoms with van der Waals surface area (Å²) >= 11 is 0. The van der Waals surface area contributed by atoms with Gasteiger partial charge in [0.2, 0.25) is 0 Å². The van der Waals surface area contributed by atoms with Crippen LogP contribution in [-0.2, 0) is 6.54 Å². The third kappa shape index (κ3) is 4.27. The number of aryl methyl sites for hydroxylation is 2. The number of aliphatic hydroxyl groups excluding tert-OH is 1. The van der Waals surface area contributed by atoms with Gasteiger partial charge in [0.05, 0.1) is 17.8 Å². The van der Waals surface area contributed by atoms with E-state index in [2.05, 4.69) is 54.1 Å². The second kappa shape index (κ2) is 8.49. The number of anilines is 3. The van der Waals surface area contributed by atoms with E-state index in [1.807, 2.05) is 26.0 Å². The molecule has 5 heterocycles. The van der Waals surface area contributed by atoms with Crippen LogP contribution in [0.4, 0.5) is 17.5 Å². The van der Waals surface area contributed by atoms with Gasteiger partial charge in [0, 0.05) is 43.7 Å². The van der Waals surface area contributed by atoms with Crippen LogP contribution in [0.1, 0.15) is 59.3 Å². The summed E-state index contributed by atoms with van der Waals surface area (Å²) in [5.41, 5.74) is 12.2. The van der Waals surface area contributed by atoms with Gasteiger partial charge in [0.25, 0.3) is 0 Å². The smallest absolute Gasteiger partial charge is 0.137 e. The van der Waals surface area contributed by atoms with Crippen LogP contribution < -0.4 is 16.0 Å². The number of nitrogens with two attached hydrogens (primary N) is 1. The Balaban J connectivity index is 1.24. The number of aliphatic hydroxyl groups is 1. The first kappa shape index (κ1) is 21.8. The highest BCUT2D eigenvalue weighted by Crippen LogP contribution is 2.40. The van der Waals surface area contributed by atoms with E-state index >= 15 is 0 Å². The molecular weight excluding hydrogens is 440 g/mol. The molecular formula is C26H30N8O. The van der Waals surface area contributed by atoms with E-state index < -0.39 is 6.10 Å². The molecule has 0 aromatic carbocycles. The summed E-state index contributed by atoms with van der Waals surface area (Å²) in [7, 11) is 0. The molecule has 2 atom stereocenters. The molecule has 4 aromatic rings. The van der Waals surface area contributed by atoms with Gasteiger partial charge in [-0.3, -0.25) is 0 Å². The lowest BCUT2D eigenvalue weighted by molar-refractivity contribution is 0.194. The molecule has 4 aromatic heterocycles. The predicted octanol–water partition coefficient (Wildman–Crippen LogP) is 3.52. The van der Waals surface area contributed by atoms with Gasteiger partial charge >= 0.3 is 0 Å². The number of nitrogens with zero attached hydrogens (tertiary/aromatic N) is 6. The van der Waals surface area contributed by atoms with Gasteiger partial charge in [-0.25, -0.2) is 19.9 Å². The van der Waals surface area contributed by atoms with Crippen molar-refractivity contribution in [3.8, 4) is 0 Å². The molecule has 0 bridgehead atoms. The standard InChI is InChI=1S/C26H30N8O/c1-15-7-23(27)31-16(2)20(15)10-28-24-9-26(30-14-29-24)34-12-19(35)8-22(34)21-13-33-11-18(17-3-4-17)5-6-25(33)32-21/h5-7,9,11,13-14,17,19,22,35H,3-4,8,10,12H2,1-2H3,(H2,27,31)(H,28,29,30)/t19-,22+/m0/s1. The predicted molar refractivity (Wildman–Crippen MR) is 135 cm³/mol. The SMILES string of the molecule is Cc1cc(N)nc(C)c1CNc1cc(N2C[C@@H](O)C[C@@H]2c2cn3cc(C4CC4)ccc3n2)ncn1. The van der Waals surface area contributed by atoms with Crippen molar-refractivity contribution < 1.29 is 5.11 Å². The first-order chi connectivity index (χ1) is 16.9. The van der Waals surface area contributed by atoms with E-state index in [-0.39, 0.29) is 6.04 Å². The molecule has 0 radical (unpaired) electrons. The van der Waals surface area contributed by atoms with Gasteiger partial charge in [-0.15, -0.1) is 0 Å². The molecule has 0 unspecified atom stereocenters. The van der Waals surface area contributed by atoms with Crippen LogP contribution in [0.5, 0.6) is 0 Å². The number of rotatable bonds is 6. The molecule has 9 heteroatoms. The number of aromatic nitrogens is 5. The van der Waals surface area contributed by atoms with Crippen LogP contribution in [0, 0.1) is 13.8 Å². The third-order valence-corrected chi connectivity index (χ3v) is 7.13. The Kier molecular flexibility index (Phi) is 5.29. The second-order valence-electron chi connectivity index (χ2n) is 9.77. The van der Waals surface area contributed by atoms with Crippen LogP contribution >= 0.6 is 0 Å². The van der Waals surface area contributed by atoms with Crippen molar-refractivity contribution in [2.75, 3.05) is 22.5 Å². The number of imidazole rings is 1. The van der Waals surface area contributed by atoms with Crippen LogP contribution in [-0.4, -0.2) is 42.1 Å². The summed E-state index contributed by atoms with van der Waals surface area (Å²) < 4.78 is 2.12. The molecule has 9 nitrogen and oxygen atoms in total. The zero-order chi connectivity index (χ0) is 24.1. The normalized spacial score (nSPS) is 20.0. The van der Waals surface area contributed by atoms with E-state index in [1.54, 1.807) is 6.33 Å². The molecule has 1 saturated heterocycles. The maximum Gasteiger partial charge on any atom is 0.137 e. The number of fused-ring (bicyclic) bond motifs is 1. The Morgan fingerprint density at radius 1 is 1.11 bits per heavy atom. The van der Waals surface area contributed by atoms with Crippen LogP contribution in [0.15, 0.2) is 43.0 Å². The fourth-order valence-electron chi connectivity index (χ4n) is 5.13. The zero-order valence-corrected chi connectivity index (χ0v) is 20.0. The first-order valence-corrected chi connectivity index (χ1v) is 12.2. The van der Waals surface area contributed by atoms with E-state index in [1.165, 1.54) is 18.4 Å². The summed E-state index contributed by atoms with van der Waals surface area (Å²) in [6, 6.07) is 8.04. The topological polar surface area (TPSA) is 117 Å². The lowest BCUT2D eigenvalue weighted by Gasteiger charge is -2.24. The molecule has 6 rings (SSSR count). The average molecular weight is 471 g/mol. The average Bonchev–Trinajstić information content (AvgIpc) is 3.47. The maximum atomic E-state index is 10.5. The Hall–Kier alpha value is -3.72. The second-order valence-corrected chi connectivity index (χ2v) is 9.77. The van der Waals surface area contributed by atoms with Gasteiger partial charge in [-0.05, 0) is 61.4 Å². The highest BCUT2D eigenvalue weighted by atomic mass is 16.3. The van der Waals surface area contributed by atoms with Crippen molar-refractivity contribution in [2.45, 2.75) is 57.7 Å². The minimum absolute atomic E-state index is 0.0530. The van der Waals surface area contributed by atoms with Crippen molar-refractivity contribution in [3.05, 3.63) is 71.1 Å². The Bertz CT molecular complexity index is 1370. The van der Waals surface area contributed by atoms with E-state index in [0.717, 1.165) is 39.8 Å². The number of nitrogen functional groups attached to an aromatic ring is 1. The van der Waals surface area contributed by atoms with Crippen molar-refractivity contribution in [3.63, 3.8) is 0 Å². The molecule has 180 valence electrons. The van der Waals surface area contributed by atoms with Crippen molar-refractivity contribution in [2.24, 2.45) is 0 Å². The summed E-state index contributed by atoms with van der Waals surface area (Å²) in [4.78, 5) is 20.3. The first-order valence-electron chi connectivity index (χ1n) is 12.2. The van der Waals surface area contributed by atoms with Crippen LogP contribution in [0.2, 0.25) is 0 Å². The number of pyridine rings is 2. The number of hydrogen-bond acceptors (Lipinski definition) is 8. The number of nitrogens with one attached hydrogen (secondary N) is 1. The minimum Gasteiger partial charge on any atom is -0.391 e. The summed E-state index contributed by atoms with van der Waals surface area (Å²) in [6.45, 7) is 5.09. The largest absolute Gasteiger partial charge is 0.391 e. The molecule has 1 aliphatic carbocycles. The maximum absolute atomic E-state index is 10.5. The summed E-state index contributed by atoms with van der Waals surface area (Å²) in [5, 5.41) is 13.9. The lowest BCUT2D eigenvalue weighted by atomic mass is 10.1. The Morgan fingerprint density at radius 3 is 2.77 bits per heavy atom. The van der Waals surface area contributed by atoms with Gasteiger partial charge in [-0.1, -0.05) is 6.07 Å².